The molecule has 1 N–H and O–H groups in total. The summed E-state index contributed by atoms with van der Waals surface area (Å²) in [7, 11) is 0. The van der Waals surface area contributed by atoms with Crippen LogP contribution in [0.2, 0.25) is 0 Å². The van der Waals surface area contributed by atoms with Gasteiger partial charge in [-0.05, 0) is 24.8 Å². The highest BCUT2D eigenvalue weighted by Crippen LogP contribution is 2.22. The third-order valence-corrected chi connectivity index (χ3v) is 4.69. The molecule has 2 amide bonds. The predicted molar refractivity (Wildman–Crippen MR) is 99.6 cm³/mol. The number of nitrogens with zero attached hydrogens (tertiary/aromatic N) is 2. The van der Waals surface area contributed by atoms with Gasteiger partial charge in [-0.2, -0.15) is 0 Å². The van der Waals surface area contributed by atoms with E-state index >= 15 is 0 Å². The fourth-order valence-corrected chi connectivity index (χ4v) is 3.11. The monoisotopic (exact) mass is 355 g/mol. The van der Waals surface area contributed by atoms with Crippen LogP contribution in [0.25, 0.3) is 11.3 Å². The number of amides is 2. The van der Waals surface area contributed by atoms with E-state index in [0.717, 1.165) is 37.7 Å². The van der Waals surface area contributed by atoms with Crippen LogP contribution in [-0.2, 0) is 16.0 Å². The van der Waals surface area contributed by atoms with E-state index in [0.29, 0.717) is 24.5 Å². The highest BCUT2D eigenvalue weighted by molar-refractivity contribution is 5.93. The number of benzene rings is 1. The normalized spacial score (nSPS) is 15.4. The van der Waals surface area contributed by atoms with Crippen molar-refractivity contribution in [2.75, 3.05) is 18.4 Å². The van der Waals surface area contributed by atoms with E-state index in [1.54, 1.807) is 11.0 Å². The van der Waals surface area contributed by atoms with Gasteiger partial charge in [0.1, 0.15) is 5.69 Å². The summed E-state index contributed by atoms with van der Waals surface area (Å²) in [4.78, 5) is 26.0. The number of nitrogens with one attached hydrogen (secondary N) is 1. The third-order valence-electron chi connectivity index (χ3n) is 4.69. The van der Waals surface area contributed by atoms with E-state index in [1.165, 1.54) is 5.56 Å². The molecule has 1 aromatic heterocycles. The number of aromatic nitrogens is 1. The molecule has 1 saturated heterocycles. The van der Waals surface area contributed by atoms with Crippen LogP contribution in [0.4, 0.5) is 5.88 Å². The van der Waals surface area contributed by atoms with Gasteiger partial charge >= 0.3 is 0 Å². The van der Waals surface area contributed by atoms with Gasteiger partial charge in [-0.3, -0.25) is 14.9 Å². The van der Waals surface area contributed by atoms with E-state index in [9.17, 15) is 9.59 Å². The van der Waals surface area contributed by atoms with Gasteiger partial charge in [0.25, 0.3) is 0 Å². The van der Waals surface area contributed by atoms with Gasteiger partial charge in [0, 0.05) is 24.6 Å². The lowest BCUT2D eigenvalue weighted by atomic mass is 10.1. The summed E-state index contributed by atoms with van der Waals surface area (Å²) in [6.45, 7) is 2.80. The fourth-order valence-electron chi connectivity index (χ4n) is 3.11. The number of hydrogen-bond donors (Lipinski definition) is 1. The molecule has 0 aliphatic carbocycles. The maximum Gasteiger partial charge on any atom is 0.246 e. The van der Waals surface area contributed by atoms with E-state index in [-0.39, 0.29) is 18.4 Å². The molecule has 0 spiro atoms. The van der Waals surface area contributed by atoms with Crippen molar-refractivity contribution in [2.45, 2.75) is 45.4 Å². The first-order chi connectivity index (χ1) is 12.7. The van der Waals surface area contributed by atoms with Crippen molar-refractivity contribution in [1.29, 1.82) is 0 Å². The highest BCUT2D eigenvalue weighted by Gasteiger charge is 2.19. The summed E-state index contributed by atoms with van der Waals surface area (Å²) >= 11 is 0. The first-order valence-electron chi connectivity index (χ1n) is 9.29. The average Bonchev–Trinajstić information content (AvgIpc) is 3.10. The van der Waals surface area contributed by atoms with E-state index in [2.05, 4.69) is 29.5 Å². The molecule has 1 aliphatic rings. The van der Waals surface area contributed by atoms with Crippen LogP contribution in [0.5, 0.6) is 0 Å². The zero-order valence-electron chi connectivity index (χ0n) is 15.2. The summed E-state index contributed by atoms with van der Waals surface area (Å²) in [5.41, 5.74) is 2.86. The van der Waals surface area contributed by atoms with Gasteiger partial charge in [-0.1, -0.05) is 49.2 Å². The summed E-state index contributed by atoms with van der Waals surface area (Å²) < 4.78 is 5.22. The summed E-state index contributed by atoms with van der Waals surface area (Å²) in [5, 5.41) is 6.71. The average molecular weight is 355 g/mol. The van der Waals surface area contributed by atoms with E-state index in [1.807, 2.05) is 12.1 Å². The molecule has 1 aliphatic heterocycles. The molecule has 26 heavy (non-hydrogen) atoms. The van der Waals surface area contributed by atoms with Crippen molar-refractivity contribution in [3.05, 3.63) is 35.9 Å². The Kier molecular flexibility index (Phi) is 6.04. The minimum Gasteiger partial charge on any atom is -0.338 e. The maximum atomic E-state index is 12.3. The Balaban J connectivity index is 1.59. The van der Waals surface area contributed by atoms with Crippen LogP contribution in [-0.4, -0.2) is 35.0 Å². The second-order valence-corrected chi connectivity index (χ2v) is 6.65. The Morgan fingerprint density at radius 2 is 1.96 bits per heavy atom. The zero-order chi connectivity index (χ0) is 18.4. The number of aryl methyl sites for hydroxylation is 1. The molecule has 2 aromatic rings. The lowest BCUT2D eigenvalue weighted by Gasteiger charge is -2.23. The van der Waals surface area contributed by atoms with Crippen molar-refractivity contribution in [3.63, 3.8) is 0 Å². The molecule has 0 radical (unpaired) electrons. The van der Waals surface area contributed by atoms with Crippen LogP contribution >= 0.6 is 0 Å². The molecule has 6 nitrogen and oxygen atoms in total. The quantitative estimate of drug-likeness (QED) is 0.888. The van der Waals surface area contributed by atoms with Crippen LogP contribution in [0.3, 0.4) is 0 Å². The number of rotatable bonds is 5. The third kappa shape index (κ3) is 4.71. The van der Waals surface area contributed by atoms with Crippen molar-refractivity contribution in [2.24, 2.45) is 0 Å². The Hall–Kier alpha value is -2.63. The second-order valence-electron chi connectivity index (χ2n) is 6.65. The van der Waals surface area contributed by atoms with Crippen molar-refractivity contribution in [1.82, 2.24) is 10.1 Å². The number of anilines is 1. The van der Waals surface area contributed by atoms with Crippen LogP contribution < -0.4 is 5.32 Å². The summed E-state index contributed by atoms with van der Waals surface area (Å²) in [6.07, 6.45) is 5.54. The van der Waals surface area contributed by atoms with Crippen LogP contribution in [0.1, 0.15) is 44.6 Å². The number of carbonyl (C=O) groups is 2. The molecule has 0 saturated carbocycles. The minimum absolute atomic E-state index is 0.0501. The molecule has 0 unspecified atom stereocenters. The molecule has 138 valence electrons. The Bertz CT molecular complexity index is 752. The Morgan fingerprint density at radius 3 is 2.73 bits per heavy atom. The molecule has 2 heterocycles. The zero-order valence-corrected chi connectivity index (χ0v) is 15.2. The molecular formula is C20H25N3O3. The van der Waals surface area contributed by atoms with Gasteiger partial charge in [-0.25, -0.2) is 0 Å². The molecule has 0 bridgehead atoms. The molecular weight excluding hydrogens is 330 g/mol. The minimum atomic E-state index is -0.261. The van der Waals surface area contributed by atoms with E-state index in [4.69, 9.17) is 4.52 Å². The molecule has 1 fully saturated rings. The summed E-state index contributed by atoms with van der Waals surface area (Å²) in [6, 6.07) is 9.78. The molecule has 6 heteroatoms. The largest absolute Gasteiger partial charge is 0.338 e. The smallest absolute Gasteiger partial charge is 0.246 e. The summed E-state index contributed by atoms with van der Waals surface area (Å²) in [5.74, 6) is 0.0844. The first kappa shape index (κ1) is 18.2. The Morgan fingerprint density at radius 1 is 1.19 bits per heavy atom. The van der Waals surface area contributed by atoms with Crippen LogP contribution in [0, 0.1) is 0 Å². The lowest BCUT2D eigenvalue weighted by molar-refractivity contribution is -0.135. The second kappa shape index (κ2) is 8.65. The first-order valence-corrected chi connectivity index (χ1v) is 9.29. The molecule has 3 rings (SSSR count). The fraction of sp³-hybridized carbons (Fsp3) is 0.450. The number of carbonyl (C=O) groups excluding carboxylic acids is 2. The Labute approximate surface area is 153 Å². The van der Waals surface area contributed by atoms with Gasteiger partial charge in [0.15, 0.2) is 0 Å². The maximum absolute atomic E-state index is 12.3. The van der Waals surface area contributed by atoms with Gasteiger partial charge < -0.3 is 9.42 Å². The van der Waals surface area contributed by atoms with Gasteiger partial charge in [0.05, 0.1) is 6.54 Å². The van der Waals surface area contributed by atoms with Gasteiger partial charge in [0.2, 0.25) is 17.7 Å². The molecule has 1 aromatic carbocycles. The van der Waals surface area contributed by atoms with Crippen molar-refractivity contribution >= 4 is 17.7 Å². The van der Waals surface area contributed by atoms with Gasteiger partial charge in [-0.15, -0.1) is 0 Å². The molecule has 0 atom stereocenters. The number of hydrogen-bond acceptors (Lipinski definition) is 4. The number of likely N-dealkylation sites (tertiary alicyclic amines) is 1. The predicted octanol–water partition coefficient (Wildman–Crippen LogP) is 3.64. The standard InChI is InChI=1S/C20H25N3O3/c1-2-15-8-10-16(11-9-15)17-13-19(26-22-17)21-18(24)14-23-12-6-4-3-5-7-20(23)25/h8-11,13H,2-7,12,14H2,1H3,(H,21,24). The highest BCUT2D eigenvalue weighted by atomic mass is 16.5. The SMILES string of the molecule is CCc1ccc(-c2cc(NC(=O)CN3CCCCCCC3=O)on2)cc1. The van der Waals surface area contributed by atoms with Crippen molar-refractivity contribution in [3.8, 4) is 11.3 Å². The van der Waals surface area contributed by atoms with Crippen LogP contribution in [0.15, 0.2) is 34.9 Å². The van der Waals surface area contributed by atoms with E-state index < -0.39 is 0 Å². The van der Waals surface area contributed by atoms with Crippen molar-refractivity contribution < 1.29 is 14.1 Å². The lowest BCUT2D eigenvalue weighted by Crippen LogP contribution is -2.39. The topological polar surface area (TPSA) is 75.4 Å².